The fourth-order valence-electron chi connectivity index (χ4n) is 1.91. The van der Waals surface area contributed by atoms with Gasteiger partial charge in [-0.15, -0.1) is 0 Å². The van der Waals surface area contributed by atoms with Crippen LogP contribution in [0, 0.1) is 0 Å². The topological polar surface area (TPSA) is 64.4 Å². The van der Waals surface area contributed by atoms with E-state index in [1.807, 2.05) is 0 Å². The van der Waals surface area contributed by atoms with Gasteiger partial charge >= 0.3 is 6.09 Å². The first-order chi connectivity index (χ1) is 9.70. The number of pyridine rings is 1. The number of carbonyl (C=O) groups excluding carboxylic acids is 2. The first kappa shape index (κ1) is 15.0. The summed E-state index contributed by atoms with van der Waals surface area (Å²) in [5, 5.41) is 0.716. The summed E-state index contributed by atoms with van der Waals surface area (Å²) in [5.74, 6) is -0.279. The Labute approximate surface area is 123 Å². The molecule has 0 unspecified atom stereocenters. The molecule has 0 aliphatic heterocycles. The third kappa shape index (κ3) is 3.04. The molecule has 0 radical (unpaired) electrons. The minimum atomic E-state index is -0.652. The SMILES string of the molecule is CN(C)C(=O)c1cc2cccnc2n1C(=O)OC(C)(C)C. The summed E-state index contributed by atoms with van der Waals surface area (Å²) < 4.78 is 6.60. The zero-order chi connectivity index (χ0) is 15.8. The van der Waals surface area contributed by atoms with Gasteiger partial charge in [0.2, 0.25) is 0 Å². The molecule has 6 nitrogen and oxygen atoms in total. The monoisotopic (exact) mass is 289 g/mol. The molecule has 0 saturated carbocycles. The van der Waals surface area contributed by atoms with Crippen LogP contribution in [0.15, 0.2) is 24.4 Å². The van der Waals surface area contributed by atoms with Crippen LogP contribution in [0.25, 0.3) is 11.0 Å². The molecule has 0 N–H and O–H groups in total. The van der Waals surface area contributed by atoms with Gasteiger partial charge in [-0.2, -0.15) is 0 Å². The predicted octanol–water partition coefficient (Wildman–Crippen LogP) is 2.52. The van der Waals surface area contributed by atoms with E-state index in [0.29, 0.717) is 11.0 Å². The maximum Gasteiger partial charge on any atom is 0.420 e. The standard InChI is InChI=1S/C15H19N3O3/c1-15(2,3)21-14(20)18-11(13(19)17(4)5)9-10-7-6-8-16-12(10)18/h6-9H,1-5H3. The summed E-state index contributed by atoms with van der Waals surface area (Å²) in [6, 6.07) is 5.20. The zero-order valence-electron chi connectivity index (χ0n) is 12.9. The maximum atomic E-state index is 12.4. The molecule has 2 rings (SSSR count). The molecule has 21 heavy (non-hydrogen) atoms. The predicted molar refractivity (Wildman–Crippen MR) is 79.4 cm³/mol. The molecule has 0 aliphatic carbocycles. The third-order valence-corrected chi connectivity index (χ3v) is 2.76. The number of hydrogen-bond acceptors (Lipinski definition) is 4. The molecule has 0 aliphatic rings. The zero-order valence-corrected chi connectivity index (χ0v) is 12.9. The third-order valence-electron chi connectivity index (χ3n) is 2.76. The second-order valence-electron chi connectivity index (χ2n) is 5.96. The van der Waals surface area contributed by atoms with Gasteiger partial charge in [-0.1, -0.05) is 0 Å². The highest BCUT2D eigenvalue weighted by atomic mass is 16.6. The molecule has 0 bridgehead atoms. The van der Waals surface area contributed by atoms with Gasteiger partial charge in [-0.25, -0.2) is 14.3 Å². The molecular weight excluding hydrogens is 270 g/mol. The Balaban J connectivity index is 2.61. The molecule has 0 spiro atoms. The van der Waals surface area contributed by atoms with E-state index in [9.17, 15) is 9.59 Å². The Morgan fingerprint density at radius 1 is 1.29 bits per heavy atom. The average molecular weight is 289 g/mol. The number of carbonyl (C=O) groups is 2. The maximum absolute atomic E-state index is 12.4. The Bertz CT molecular complexity index is 696. The Hall–Kier alpha value is -2.37. The lowest BCUT2D eigenvalue weighted by Gasteiger charge is -2.21. The van der Waals surface area contributed by atoms with Gasteiger partial charge < -0.3 is 9.64 Å². The number of hydrogen-bond donors (Lipinski definition) is 0. The van der Waals surface area contributed by atoms with Crippen molar-refractivity contribution in [1.29, 1.82) is 0 Å². The van der Waals surface area contributed by atoms with Crippen LogP contribution in [0.1, 0.15) is 31.3 Å². The van der Waals surface area contributed by atoms with Crippen molar-refractivity contribution in [2.75, 3.05) is 14.1 Å². The van der Waals surface area contributed by atoms with Crippen molar-refractivity contribution in [2.24, 2.45) is 0 Å². The highest BCUT2D eigenvalue weighted by molar-refractivity contribution is 6.02. The molecule has 112 valence electrons. The summed E-state index contributed by atoms with van der Waals surface area (Å²) in [6.45, 7) is 5.33. The van der Waals surface area contributed by atoms with E-state index in [1.165, 1.54) is 9.47 Å². The van der Waals surface area contributed by atoms with E-state index in [2.05, 4.69) is 4.98 Å². The van der Waals surface area contributed by atoms with Gasteiger partial charge in [0, 0.05) is 25.7 Å². The summed E-state index contributed by atoms with van der Waals surface area (Å²) in [7, 11) is 3.26. The number of nitrogens with zero attached hydrogens (tertiary/aromatic N) is 3. The number of ether oxygens (including phenoxy) is 1. The number of fused-ring (bicyclic) bond motifs is 1. The van der Waals surface area contributed by atoms with Crippen molar-refractivity contribution in [2.45, 2.75) is 26.4 Å². The van der Waals surface area contributed by atoms with Crippen LogP contribution < -0.4 is 0 Å². The van der Waals surface area contributed by atoms with Crippen LogP contribution in [0.2, 0.25) is 0 Å². The Morgan fingerprint density at radius 3 is 2.52 bits per heavy atom. The minimum Gasteiger partial charge on any atom is -0.443 e. The van der Waals surface area contributed by atoms with E-state index in [-0.39, 0.29) is 11.6 Å². The van der Waals surface area contributed by atoms with Crippen LogP contribution >= 0.6 is 0 Å². The number of rotatable bonds is 1. The second kappa shape index (κ2) is 5.20. The molecule has 0 atom stereocenters. The molecule has 6 heteroatoms. The molecule has 2 aromatic heterocycles. The summed E-state index contributed by atoms with van der Waals surface area (Å²) in [4.78, 5) is 30.3. The van der Waals surface area contributed by atoms with Crippen molar-refractivity contribution >= 4 is 23.0 Å². The molecular formula is C15H19N3O3. The molecule has 0 saturated heterocycles. The highest BCUT2D eigenvalue weighted by Crippen LogP contribution is 2.21. The summed E-state index contributed by atoms with van der Waals surface area (Å²) in [5.41, 5.74) is 0.000791. The van der Waals surface area contributed by atoms with Crippen molar-refractivity contribution < 1.29 is 14.3 Å². The fraction of sp³-hybridized carbons (Fsp3) is 0.400. The van der Waals surface area contributed by atoms with Crippen LogP contribution in [-0.2, 0) is 4.74 Å². The summed E-state index contributed by atoms with van der Waals surface area (Å²) >= 11 is 0. The Morgan fingerprint density at radius 2 is 1.95 bits per heavy atom. The van der Waals surface area contributed by atoms with Crippen LogP contribution in [0.5, 0.6) is 0 Å². The van der Waals surface area contributed by atoms with E-state index in [4.69, 9.17) is 4.74 Å². The first-order valence-electron chi connectivity index (χ1n) is 6.62. The van der Waals surface area contributed by atoms with E-state index in [1.54, 1.807) is 59.3 Å². The largest absolute Gasteiger partial charge is 0.443 e. The Kier molecular flexibility index (Phi) is 3.72. The summed E-state index contributed by atoms with van der Waals surface area (Å²) in [6.07, 6.45) is 0.967. The first-order valence-corrected chi connectivity index (χ1v) is 6.62. The van der Waals surface area contributed by atoms with Gasteiger partial charge in [0.25, 0.3) is 5.91 Å². The van der Waals surface area contributed by atoms with Crippen LogP contribution in [-0.4, -0.2) is 46.1 Å². The normalized spacial score (nSPS) is 11.5. The molecule has 0 aromatic carbocycles. The van der Waals surface area contributed by atoms with Gasteiger partial charge in [0.05, 0.1) is 0 Å². The lowest BCUT2D eigenvalue weighted by molar-refractivity contribution is 0.0527. The second-order valence-corrected chi connectivity index (χ2v) is 5.96. The average Bonchev–Trinajstić information content (AvgIpc) is 2.74. The molecule has 1 amide bonds. The van der Waals surface area contributed by atoms with Crippen molar-refractivity contribution in [3.63, 3.8) is 0 Å². The van der Waals surface area contributed by atoms with E-state index in [0.717, 1.165) is 0 Å². The quantitative estimate of drug-likeness (QED) is 0.809. The van der Waals surface area contributed by atoms with Gasteiger partial charge in [-0.05, 0) is 39.0 Å². The fourth-order valence-corrected chi connectivity index (χ4v) is 1.91. The number of amides is 1. The van der Waals surface area contributed by atoms with Gasteiger partial charge in [0.1, 0.15) is 16.9 Å². The van der Waals surface area contributed by atoms with Crippen molar-refractivity contribution in [3.8, 4) is 0 Å². The van der Waals surface area contributed by atoms with Crippen LogP contribution in [0.4, 0.5) is 4.79 Å². The van der Waals surface area contributed by atoms with Crippen LogP contribution in [0.3, 0.4) is 0 Å². The lowest BCUT2D eigenvalue weighted by atomic mass is 10.2. The number of aromatic nitrogens is 2. The molecule has 0 fully saturated rings. The minimum absolute atomic E-state index is 0.239. The van der Waals surface area contributed by atoms with Gasteiger partial charge in [0.15, 0.2) is 0 Å². The van der Waals surface area contributed by atoms with Gasteiger partial charge in [-0.3, -0.25) is 4.79 Å². The molecule has 2 aromatic rings. The molecule has 2 heterocycles. The van der Waals surface area contributed by atoms with Crippen molar-refractivity contribution in [1.82, 2.24) is 14.5 Å². The van der Waals surface area contributed by atoms with Crippen molar-refractivity contribution in [3.05, 3.63) is 30.1 Å². The lowest BCUT2D eigenvalue weighted by Crippen LogP contribution is -2.31. The smallest absolute Gasteiger partial charge is 0.420 e. The highest BCUT2D eigenvalue weighted by Gasteiger charge is 2.26. The van der Waals surface area contributed by atoms with E-state index >= 15 is 0 Å². The van der Waals surface area contributed by atoms with E-state index < -0.39 is 11.7 Å².